The van der Waals surface area contributed by atoms with Crippen LogP contribution in [0.1, 0.15) is 37.6 Å². The fraction of sp³-hybridized carbons (Fsp3) is 0.600. The van der Waals surface area contributed by atoms with E-state index in [2.05, 4.69) is 52.0 Å². The van der Waals surface area contributed by atoms with E-state index in [1.165, 1.54) is 11.3 Å². The molecule has 0 spiro atoms. The Hall–Kier alpha value is -0.760. The normalized spacial score (nSPS) is 17.7. The second-order valence-electron chi connectivity index (χ2n) is 5.70. The molecule has 0 aliphatic heterocycles. The number of rotatable bonds is 4. The van der Waals surface area contributed by atoms with Crippen molar-refractivity contribution in [3.63, 3.8) is 0 Å². The predicted molar refractivity (Wildman–Crippen MR) is 103 cm³/mol. The summed E-state index contributed by atoms with van der Waals surface area (Å²) >= 11 is 5.77. The van der Waals surface area contributed by atoms with Gasteiger partial charge in [-0.15, -0.1) is 24.0 Å². The highest BCUT2D eigenvalue weighted by molar-refractivity contribution is 14.0. The first-order valence-electron chi connectivity index (χ1n) is 7.37. The van der Waals surface area contributed by atoms with Crippen molar-refractivity contribution in [2.75, 3.05) is 13.6 Å². The van der Waals surface area contributed by atoms with E-state index >= 15 is 0 Å². The van der Waals surface area contributed by atoms with Crippen LogP contribution in [-0.2, 0) is 12.8 Å². The first kappa shape index (κ1) is 19.3. The molecule has 2 rings (SSSR count). The van der Waals surface area contributed by atoms with Crippen molar-refractivity contribution in [3.05, 3.63) is 29.1 Å². The Morgan fingerprint density at radius 3 is 2.91 bits per heavy atom. The molecule has 1 unspecified atom stereocenters. The minimum Gasteiger partial charge on any atom is -0.353 e. The van der Waals surface area contributed by atoms with Crippen molar-refractivity contribution in [2.45, 2.75) is 45.2 Å². The summed E-state index contributed by atoms with van der Waals surface area (Å²) in [7, 11) is 1.76. The molecule has 7 heteroatoms. The number of aryl methyl sites for hydroxylation is 1. The van der Waals surface area contributed by atoms with E-state index in [-0.39, 0.29) is 24.0 Å². The second kappa shape index (κ2) is 8.76. The highest BCUT2D eigenvalue weighted by Gasteiger charge is 2.22. The quantitative estimate of drug-likeness (QED) is 0.433. The van der Waals surface area contributed by atoms with E-state index in [9.17, 15) is 0 Å². The van der Waals surface area contributed by atoms with Gasteiger partial charge in [0.25, 0.3) is 0 Å². The van der Waals surface area contributed by atoms with Crippen molar-refractivity contribution in [3.8, 4) is 0 Å². The van der Waals surface area contributed by atoms with E-state index in [4.69, 9.17) is 11.6 Å². The molecule has 0 fully saturated rings. The van der Waals surface area contributed by atoms with Crippen LogP contribution < -0.4 is 10.6 Å². The average molecular weight is 438 g/mol. The van der Waals surface area contributed by atoms with E-state index in [0.29, 0.717) is 23.7 Å². The molecule has 0 saturated carbocycles. The lowest BCUT2D eigenvalue weighted by molar-refractivity contribution is 0.500. The number of aliphatic imine (C=N–C) groups is 1. The minimum atomic E-state index is 0. The molecule has 2 N–H and O–H groups in total. The first-order valence-corrected chi connectivity index (χ1v) is 7.74. The molecule has 0 bridgehead atoms. The van der Waals surface area contributed by atoms with Crippen molar-refractivity contribution < 1.29 is 0 Å². The number of halogens is 2. The molecule has 0 radical (unpaired) electrons. The molecule has 1 aliphatic carbocycles. The third-order valence-corrected chi connectivity index (χ3v) is 3.77. The van der Waals surface area contributed by atoms with Gasteiger partial charge < -0.3 is 10.6 Å². The highest BCUT2D eigenvalue weighted by Crippen LogP contribution is 2.21. The molecule has 0 saturated heterocycles. The van der Waals surface area contributed by atoms with Crippen molar-refractivity contribution in [1.29, 1.82) is 0 Å². The summed E-state index contributed by atoms with van der Waals surface area (Å²) in [6.07, 6.45) is 5.25. The number of fused-ring (bicyclic) bond motifs is 1. The molecule has 1 atom stereocenters. The molecule has 1 aromatic heterocycles. The monoisotopic (exact) mass is 437 g/mol. The summed E-state index contributed by atoms with van der Waals surface area (Å²) in [6, 6.07) is 0.758. The maximum atomic E-state index is 5.77. The summed E-state index contributed by atoms with van der Waals surface area (Å²) in [4.78, 5) is 4.21. The van der Waals surface area contributed by atoms with Gasteiger partial charge in [0, 0.05) is 36.8 Å². The molecule has 1 aromatic rings. The van der Waals surface area contributed by atoms with E-state index < -0.39 is 0 Å². The van der Waals surface area contributed by atoms with Gasteiger partial charge in [0.1, 0.15) is 0 Å². The molecule has 0 aromatic carbocycles. The molecule has 0 amide bonds. The first-order chi connectivity index (χ1) is 9.99. The Bertz CT molecular complexity index is 538. The third-order valence-electron chi connectivity index (χ3n) is 3.64. The van der Waals surface area contributed by atoms with Crippen molar-refractivity contribution >= 4 is 41.5 Å². The van der Waals surface area contributed by atoms with Crippen LogP contribution in [0.4, 0.5) is 0 Å². The van der Waals surface area contributed by atoms with Gasteiger partial charge in [0.2, 0.25) is 0 Å². The second-order valence-corrected chi connectivity index (χ2v) is 6.24. The van der Waals surface area contributed by atoms with E-state index in [0.717, 1.165) is 25.2 Å². The largest absolute Gasteiger partial charge is 0.353 e. The van der Waals surface area contributed by atoms with Crippen LogP contribution in [0.2, 0.25) is 0 Å². The Morgan fingerprint density at radius 1 is 1.59 bits per heavy atom. The molecule has 22 heavy (non-hydrogen) atoms. The third kappa shape index (κ3) is 5.15. The van der Waals surface area contributed by atoms with Crippen molar-refractivity contribution in [2.24, 2.45) is 4.99 Å². The van der Waals surface area contributed by atoms with Gasteiger partial charge in [0.05, 0.1) is 12.2 Å². The molecular weight excluding hydrogens is 413 g/mol. The fourth-order valence-corrected chi connectivity index (χ4v) is 2.53. The van der Waals surface area contributed by atoms with Crippen LogP contribution in [-0.4, -0.2) is 35.4 Å². The van der Waals surface area contributed by atoms with Crippen LogP contribution in [0.3, 0.4) is 0 Å². The number of aromatic nitrogens is 2. The van der Waals surface area contributed by atoms with Gasteiger partial charge in [0.15, 0.2) is 5.96 Å². The average Bonchev–Trinajstić information content (AvgIpc) is 2.86. The van der Waals surface area contributed by atoms with E-state index in [1.54, 1.807) is 7.05 Å². The molecule has 124 valence electrons. The smallest absolute Gasteiger partial charge is 0.191 e. The van der Waals surface area contributed by atoms with Gasteiger partial charge in [-0.1, -0.05) is 18.2 Å². The summed E-state index contributed by atoms with van der Waals surface area (Å²) in [6.45, 7) is 8.48. The minimum absolute atomic E-state index is 0. The van der Waals surface area contributed by atoms with Crippen LogP contribution in [0, 0.1) is 0 Å². The number of nitrogens with one attached hydrogen (secondary N) is 2. The number of nitrogens with zero attached hydrogens (tertiary/aromatic N) is 3. The Balaban J connectivity index is 0.00000242. The molecular formula is C15H25ClIN5. The van der Waals surface area contributed by atoms with E-state index in [1.807, 2.05) is 0 Å². The predicted octanol–water partition coefficient (Wildman–Crippen LogP) is 2.86. The van der Waals surface area contributed by atoms with Gasteiger partial charge in [-0.3, -0.25) is 9.67 Å². The SMILES string of the molecule is C=C(Cl)CNC(=NC)NC1CCc2cn(C(C)C)nc2C1.I. The highest BCUT2D eigenvalue weighted by atomic mass is 127. The lowest BCUT2D eigenvalue weighted by Crippen LogP contribution is -2.45. The van der Waals surface area contributed by atoms with Gasteiger partial charge in [-0.2, -0.15) is 5.10 Å². The topological polar surface area (TPSA) is 54.2 Å². The van der Waals surface area contributed by atoms with Gasteiger partial charge >= 0.3 is 0 Å². The number of hydrogen-bond acceptors (Lipinski definition) is 2. The summed E-state index contributed by atoms with van der Waals surface area (Å²) in [5.41, 5.74) is 2.57. The zero-order valence-electron chi connectivity index (χ0n) is 13.4. The molecule has 5 nitrogen and oxygen atoms in total. The maximum absolute atomic E-state index is 5.77. The van der Waals surface area contributed by atoms with Gasteiger partial charge in [-0.05, 0) is 32.3 Å². The van der Waals surface area contributed by atoms with Crippen molar-refractivity contribution in [1.82, 2.24) is 20.4 Å². The molecule has 1 aliphatic rings. The Kier molecular flexibility index (Phi) is 7.68. The summed E-state index contributed by atoms with van der Waals surface area (Å²) in [5.74, 6) is 0.758. The van der Waals surface area contributed by atoms with Crippen LogP contribution >= 0.6 is 35.6 Å². The zero-order valence-corrected chi connectivity index (χ0v) is 16.5. The van der Waals surface area contributed by atoms with Crippen LogP contribution in [0.5, 0.6) is 0 Å². The lowest BCUT2D eigenvalue weighted by Gasteiger charge is -2.24. The standard InChI is InChI=1S/C15H24ClN5.HI/c1-10(2)21-9-12-5-6-13(7-14(12)20-21)19-15(17-4)18-8-11(3)16;/h9-10,13H,3,5-8H2,1-2,4H3,(H2,17,18,19);1H. The number of hydrogen-bond donors (Lipinski definition) is 2. The Morgan fingerprint density at radius 2 is 2.32 bits per heavy atom. The maximum Gasteiger partial charge on any atom is 0.191 e. The summed E-state index contributed by atoms with van der Waals surface area (Å²) < 4.78 is 2.05. The van der Waals surface area contributed by atoms with Crippen LogP contribution in [0.15, 0.2) is 22.8 Å². The zero-order chi connectivity index (χ0) is 15.4. The van der Waals surface area contributed by atoms with Gasteiger partial charge in [-0.25, -0.2) is 0 Å². The fourth-order valence-electron chi connectivity index (χ4n) is 2.47. The van der Waals surface area contributed by atoms with Crippen LogP contribution in [0.25, 0.3) is 0 Å². The molecule has 1 heterocycles. The summed E-state index contributed by atoms with van der Waals surface area (Å²) in [5, 5.41) is 11.8. The lowest BCUT2D eigenvalue weighted by atomic mass is 9.94. The Labute approximate surface area is 154 Å². The number of guanidine groups is 1.